The molecule has 1 unspecified atom stereocenters. The van der Waals surface area contributed by atoms with E-state index < -0.39 is 17.3 Å². The maximum absolute atomic E-state index is 13.7. The van der Waals surface area contributed by atoms with Gasteiger partial charge in [-0.3, -0.25) is 4.79 Å². The molecule has 0 bridgehead atoms. The number of halogens is 2. The summed E-state index contributed by atoms with van der Waals surface area (Å²) in [5.74, 6) is -0.604. The van der Waals surface area contributed by atoms with Crippen molar-refractivity contribution in [2.75, 3.05) is 6.54 Å². The second kappa shape index (κ2) is 6.48. The maximum Gasteiger partial charge on any atom is 0.255 e. The van der Waals surface area contributed by atoms with Crippen molar-refractivity contribution in [3.05, 3.63) is 34.1 Å². The Hall–Kier alpha value is -0.940. The van der Waals surface area contributed by atoms with E-state index in [4.69, 9.17) is 5.73 Å². The predicted octanol–water partition coefficient (Wildman–Crippen LogP) is 3.08. The minimum Gasteiger partial charge on any atom is -0.345 e. The van der Waals surface area contributed by atoms with Gasteiger partial charge >= 0.3 is 0 Å². The Balaban J connectivity index is 2.95. The van der Waals surface area contributed by atoms with Crippen LogP contribution < -0.4 is 11.1 Å². The van der Waals surface area contributed by atoms with Gasteiger partial charge in [-0.2, -0.15) is 0 Å². The monoisotopic (exact) mass is 330 g/mol. The fraction of sp³-hybridized carbons (Fsp3) is 0.500. The second-order valence-corrected chi connectivity index (χ2v) is 6.27. The molecular formula is C14H20BrFN2O. The summed E-state index contributed by atoms with van der Waals surface area (Å²) in [6.45, 7) is 6.29. The van der Waals surface area contributed by atoms with Crippen LogP contribution in [-0.2, 0) is 0 Å². The van der Waals surface area contributed by atoms with E-state index in [1.165, 1.54) is 6.07 Å². The Kier molecular flexibility index (Phi) is 5.50. The van der Waals surface area contributed by atoms with E-state index in [2.05, 4.69) is 35.1 Å². The van der Waals surface area contributed by atoms with Gasteiger partial charge < -0.3 is 11.1 Å². The first-order valence-electron chi connectivity index (χ1n) is 6.25. The highest BCUT2D eigenvalue weighted by Gasteiger charge is 2.28. The molecule has 0 heterocycles. The number of hydrogen-bond donors (Lipinski definition) is 2. The molecule has 3 N–H and O–H groups in total. The van der Waals surface area contributed by atoms with Gasteiger partial charge in [0, 0.05) is 16.6 Å². The quantitative estimate of drug-likeness (QED) is 0.871. The first kappa shape index (κ1) is 16.1. The summed E-state index contributed by atoms with van der Waals surface area (Å²) in [6.07, 6.45) is 0.737. The number of carbonyl (C=O) groups is 1. The van der Waals surface area contributed by atoms with Crippen molar-refractivity contribution in [1.29, 1.82) is 0 Å². The highest BCUT2D eigenvalue weighted by Crippen LogP contribution is 2.22. The number of rotatable bonds is 5. The standard InChI is InChI=1S/C14H20BrFN2O/c1-9(2)7-14(3,8-17)18-13(19)12-10(15)5-4-6-11(12)16/h4-6,9H,7-8,17H2,1-3H3,(H,18,19). The van der Waals surface area contributed by atoms with E-state index in [1.807, 2.05) is 6.92 Å². The third kappa shape index (κ3) is 4.28. The summed E-state index contributed by atoms with van der Waals surface area (Å²) in [5, 5.41) is 2.84. The second-order valence-electron chi connectivity index (χ2n) is 5.41. The molecule has 3 nitrogen and oxygen atoms in total. The summed E-state index contributed by atoms with van der Waals surface area (Å²) in [7, 11) is 0. The molecule has 0 aliphatic heterocycles. The first-order valence-corrected chi connectivity index (χ1v) is 7.05. The Labute approximate surface area is 121 Å². The van der Waals surface area contributed by atoms with Crippen molar-refractivity contribution in [3.63, 3.8) is 0 Å². The van der Waals surface area contributed by atoms with E-state index in [0.29, 0.717) is 16.9 Å². The van der Waals surface area contributed by atoms with Crippen LogP contribution in [0.1, 0.15) is 37.6 Å². The largest absolute Gasteiger partial charge is 0.345 e. The lowest BCUT2D eigenvalue weighted by Gasteiger charge is -2.31. The fourth-order valence-corrected chi connectivity index (χ4v) is 2.66. The molecular weight excluding hydrogens is 311 g/mol. The van der Waals surface area contributed by atoms with Gasteiger partial charge in [0.2, 0.25) is 0 Å². The van der Waals surface area contributed by atoms with E-state index in [1.54, 1.807) is 12.1 Å². The number of amides is 1. The maximum atomic E-state index is 13.7. The molecule has 1 rings (SSSR count). The van der Waals surface area contributed by atoms with Gasteiger partial charge in [-0.15, -0.1) is 0 Å². The number of hydrogen-bond acceptors (Lipinski definition) is 2. The average molecular weight is 331 g/mol. The molecule has 0 spiro atoms. The van der Waals surface area contributed by atoms with Gasteiger partial charge in [0.15, 0.2) is 0 Å². The van der Waals surface area contributed by atoms with Crippen molar-refractivity contribution >= 4 is 21.8 Å². The number of nitrogens with two attached hydrogens (primary N) is 1. The van der Waals surface area contributed by atoms with Crippen LogP contribution in [0, 0.1) is 11.7 Å². The molecule has 0 aliphatic rings. The van der Waals surface area contributed by atoms with Crippen molar-refractivity contribution in [2.45, 2.75) is 32.7 Å². The summed E-state index contributed by atoms with van der Waals surface area (Å²) < 4.78 is 14.2. The Morgan fingerprint density at radius 1 is 1.53 bits per heavy atom. The summed E-state index contributed by atoms with van der Waals surface area (Å²) in [5.41, 5.74) is 5.22. The lowest BCUT2D eigenvalue weighted by atomic mass is 9.90. The molecule has 1 amide bonds. The number of nitrogens with one attached hydrogen (secondary N) is 1. The molecule has 19 heavy (non-hydrogen) atoms. The molecule has 1 aromatic carbocycles. The molecule has 5 heteroatoms. The van der Waals surface area contributed by atoms with Crippen LogP contribution in [0.5, 0.6) is 0 Å². The van der Waals surface area contributed by atoms with E-state index in [0.717, 1.165) is 6.42 Å². The van der Waals surface area contributed by atoms with E-state index >= 15 is 0 Å². The fourth-order valence-electron chi connectivity index (χ4n) is 2.14. The smallest absolute Gasteiger partial charge is 0.255 e. The van der Waals surface area contributed by atoms with Gasteiger partial charge in [0.1, 0.15) is 5.82 Å². The van der Waals surface area contributed by atoms with Crippen molar-refractivity contribution in [1.82, 2.24) is 5.32 Å². The van der Waals surface area contributed by atoms with Crippen LogP contribution in [0.3, 0.4) is 0 Å². The average Bonchev–Trinajstić information content (AvgIpc) is 2.27. The minimum absolute atomic E-state index is 0.0194. The van der Waals surface area contributed by atoms with Crippen LogP contribution >= 0.6 is 15.9 Å². The van der Waals surface area contributed by atoms with Gasteiger partial charge in [-0.1, -0.05) is 19.9 Å². The molecule has 0 saturated heterocycles. The Morgan fingerprint density at radius 2 is 2.16 bits per heavy atom. The molecule has 1 aromatic rings. The third-order valence-electron chi connectivity index (χ3n) is 2.91. The normalized spacial score (nSPS) is 14.3. The van der Waals surface area contributed by atoms with Gasteiger partial charge in [-0.05, 0) is 47.3 Å². The lowest BCUT2D eigenvalue weighted by molar-refractivity contribution is 0.0893. The van der Waals surface area contributed by atoms with Gasteiger partial charge in [-0.25, -0.2) is 4.39 Å². The zero-order chi connectivity index (χ0) is 14.6. The molecule has 0 saturated carbocycles. The van der Waals surface area contributed by atoms with Crippen LogP contribution in [0.2, 0.25) is 0 Å². The van der Waals surface area contributed by atoms with E-state index in [-0.39, 0.29) is 5.56 Å². The van der Waals surface area contributed by atoms with E-state index in [9.17, 15) is 9.18 Å². The molecule has 0 radical (unpaired) electrons. The zero-order valence-electron chi connectivity index (χ0n) is 11.5. The minimum atomic E-state index is -0.546. The lowest BCUT2D eigenvalue weighted by Crippen LogP contribution is -2.52. The molecule has 1 atom stereocenters. The summed E-state index contributed by atoms with van der Waals surface area (Å²) in [4.78, 5) is 12.2. The zero-order valence-corrected chi connectivity index (χ0v) is 13.1. The summed E-state index contributed by atoms with van der Waals surface area (Å²) >= 11 is 3.20. The van der Waals surface area contributed by atoms with Crippen molar-refractivity contribution < 1.29 is 9.18 Å². The first-order chi connectivity index (χ1) is 8.79. The SMILES string of the molecule is CC(C)CC(C)(CN)NC(=O)c1c(F)cccc1Br. The Morgan fingerprint density at radius 3 is 2.63 bits per heavy atom. The predicted molar refractivity (Wildman–Crippen MR) is 78.5 cm³/mol. The number of carbonyl (C=O) groups excluding carboxylic acids is 1. The summed E-state index contributed by atoms with van der Waals surface area (Å²) in [6, 6.07) is 4.45. The van der Waals surface area contributed by atoms with Crippen LogP contribution in [0.4, 0.5) is 4.39 Å². The number of benzene rings is 1. The Bertz CT molecular complexity index is 445. The molecule has 0 aromatic heterocycles. The molecule has 0 aliphatic carbocycles. The highest BCUT2D eigenvalue weighted by atomic mass is 79.9. The van der Waals surface area contributed by atoms with Crippen molar-refractivity contribution in [3.8, 4) is 0 Å². The molecule has 0 fully saturated rings. The highest BCUT2D eigenvalue weighted by molar-refractivity contribution is 9.10. The van der Waals surface area contributed by atoms with Crippen LogP contribution in [0.15, 0.2) is 22.7 Å². The van der Waals surface area contributed by atoms with Crippen LogP contribution in [0.25, 0.3) is 0 Å². The van der Waals surface area contributed by atoms with Gasteiger partial charge in [0.05, 0.1) is 5.56 Å². The van der Waals surface area contributed by atoms with Crippen molar-refractivity contribution in [2.24, 2.45) is 11.7 Å². The molecule has 106 valence electrons. The topological polar surface area (TPSA) is 55.1 Å². The van der Waals surface area contributed by atoms with Gasteiger partial charge in [0.25, 0.3) is 5.91 Å². The van der Waals surface area contributed by atoms with Crippen LogP contribution in [-0.4, -0.2) is 18.0 Å². The third-order valence-corrected chi connectivity index (χ3v) is 3.58.